The molecule has 110 valence electrons. The van der Waals surface area contributed by atoms with Gasteiger partial charge in [-0.3, -0.25) is 4.98 Å². The number of hydrogen-bond donors (Lipinski definition) is 1. The third kappa shape index (κ3) is 2.93. The van der Waals surface area contributed by atoms with Crippen molar-refractivity contribution in [3.05, 3.63) is 58.9 Å². The molecule has 1 aliphatic carbocycles. The molecule has 3 nitrogen and oxygen atoms in total. The van der Waals surface area contributed by atoms with E-state index in [9.17, 15) is 0 Å². The second-order valence-electron chi connectivity index (χ2n) is 5.79. The number of benzene rings is 1. The van der Waals surface area contributed by atoms with Gasteiger partial charge in [0.15, 0.2) is 0 Å². The highest BCUT2D eigenvalue weighted by molar-refractivity contribution is 5.41. The van der Waals surface area contributed by atoms with E-state index in [0.717, 1.165) is 29.1 Å². The fraction of sp³-hybridized carbons (Fsp3) is 0.389. The number of aromatic nitrogens is 1. The van der Waals surface area contributed by atoms with Crippen LogP contribution in [0, 0.1) is 13.8 Å². The quantitative estimate of drug-likeness (QED) is 0.913. The van der Waals surface area contributed by atoms with Crippen molar-refractivity contribution in [2.75, 3.05) is 7.11 Å². The molecule has 1 fully saturated rings. The molecular formula is C18H22N2O. The van der Waals surface area contributed by atoms with Crippen LogP contribution >= 0.6 is 0 Å². The third-order valence-corrected chi connectivity index (χ3v) is 4.30. The van der Waals surface area contributed by atoms with Crippen LogP contribution in [-0.2, 0) is 6.54 Å². The predicted octanol–water partition coefficient (Wildman–Crippen LogP) is 3.35. The summed E-state index contributed by atoms with van der Waals surface area (Å²) in [6.07, 6.45) is 3.11. The average molecular weight is 282 g/mol. The largest absolute Gasteiger partial charge is 0.496 e. The molecule has 1 aromatic carbocycles. The Morgan fingerprint density at radius 1 is 1.24 bits per heavy atom. The Labute approximate surface area is 126 Å². The normalized spacial score (nSPS) is 20.3. The molecule has 1 saturated carbocycles. The number of pyridine rings is 1. The molecule has 0 radical (unpaired) electrons. The Morgan fingerprint density at radius 3 is 2.71 bits per heavy atom. The van der Waals surface area contributed by atoms with Gasteiger partial charge in [0, 0.05) is 35.8 Å². The van der Waals surface area contributed by atoms with Gasteiger partial charge in [0.25, 0.3) is 0 Å². The summed E-state index contributed by atoms with van der Waals surface area (Å²) in [5.41, 5.74) is 4.74. The maximum absolute atomic E-state index is 5.46. The van der Waals surface area contributed by atoms with Crippen molar-refractivity contribution in [3.8, 4) is 5.75 Å². The monoisotopic (exact) mass is 282 g/mol. The molecule has 3 heteroatoms. The number of nitrogens with zero attached hydrogens (tertiary/aromatic N) is 1. The highest BCUT2D eigenvalue weighted by Gasteiger charge is 2.37. The van der Waals surface area contributed by atoms with Crippen LogP contribution in [0.5, 0.6) is 5.75 Å². The Balaban J connectivity index is 1.62. The molecule has 2 unspecified atom stereocenters. The van der Waals surface area contributed by atoms with Crippen molar-refractivity contribution >= 4 is 0 Å². The number of methoxy groups -OCH3 is 1. The van der Waals surface area contributed by atoms with Crippen LogP contribution < -0.4 is 10.1 Å². The van der Waals surface area contributed by atoms with Gasteiger partial charge in [-0.2, -0.15) is 0 Å². The molecule has 2 atom stereocenters. The van der Waals surface area contributed by atoms with Gasteiger partial charge in [-0.05, 0) is 25.8 Å². The first-order chi connectivity index (χ1) is 10.2. The summed E-state index contributed by atoms with van der Waals surface area (Å²) < 4.78 is 5.46. The first-order valence-electron chi connectivity index (χ1n) is 7.48. The second-order valence-corrected chi connectivity index (χ2v) is 5.79. The minimum absolute atomic E-state index is 0.570. The average Bonchev–Trinajstić information content (AvgIpc) is 3.27. The summed E-state index contributed by atoms with van der Waals surface area (Å²) in [6.45, 7) is 4.91. The Hall–Kier alpha value is -1.87. The molecule has 0 bridgehead atoms. The summed E-state index contributed by atoms with van der Waals surface area (Å²) in [6, 6.07) is 11.3. The van der Waals surface area contributed by atoms with Crippen LogP contribution in [0.2, 0.25) is 0 Å². The zero-order valence-corrected chi connectivity index (χ0v) is 12.9. The molecule has 1 N–H and O–H groups in total. The maximum atomic E-state index is 5.46. The molecule has 0 aliphatic heterocycles. The number of nitrogens with one attached hydrogen (secondary N) is 1. The second kappa shape index (κ2) is 5.86. The van der Waals surface area contributed by atoms with Gasteiger partial charge in [-0.1, -0.05) is 30.3 Å². The zero-order valence-electron chi connectivity index (χ0n) is 12.9. The van der Waals surface area contributed by atoms with E-state index in [1.54, 1.807) is 7.11 Å². The molecule has 1 aromatic heterocycles. The lowest BCUT2D eigenvalue weighted by Crippen LogP contribution is -2.19. The Bertz CT molecular complexity index is 625. The lowest BCUT2D eigenvalue weighted by Gasteiger charge is -2.12. The highest BCUT2D eigenvalue weighted by atomic mass is 16.5. The van der Waals surface area contributed by atoms with Crippen LogP contribution in [0.25, 0.3) is 0 Å². The Morgan fingerprint density at radius 2 is 2.00 bits per heavy atom. The summed E-state index contributed by atoms with van der Waals surface area (Å²) in [7, 11) is 1.72. The lowest BCUT2D eigenvalue weighted by molar-refractivity contribution is 0.406. The van der Waals surface area contributed by atoms with Crippen molar-refractivity contribution in [2.24, 2.45) is 0 Å². The van der Waals surface area contributed by atoms with Crippen LogP contribution in [-0.4, -0.2) is 18.1 Å². The zero-order chi connectivity index (χ0) is 14.8. The first kappa shape index (κ1) is 14.1. The lowest BCUT2D eigenvalue weighted by atomic mass is 10.1. The predicted molar refractivity (Wildman–Crippen MR) is 84.7 cm³/mol. The fourth-order valence-electron chi connectivity index (χ4n) is 2.97. The van der Waals surface area contributed by atoms with E-state index < -0.39 is 0 Å². The van der Waals surface area contributed by atoms with Crippen LogP contribution in [0.1, 0.15) is 34.7 Å². The van der Waals surface area contributed by atoms with E-state index in [0.29, 0.717) is 12.0 Å². The molecule has 2 aromatic rings. The Kier molecular flexibility index (Phi) is 3.93. The van der Waals surface area contributed by atoms with Crippen molar-refractivity contribution in [1.29, 1.82) is 0 Å². The summed E-state index contributed by atoms with van der Waals surface area (Å²) >= 11 is 0. The summed E-state index contributed by atoms with van der Waals surface area (Å²) in [5.74, 6) is 1.61. The molecule has 1 aliphatic rings. The molecule has 0 amide bonds. The van der Waals surface area contributed by atoms with E-state index >= 15 is 0 Å². The van der Waals surface area contributed by atoms with Gasteiger partial charge >= 0.3 is 0 Å². The van der Waals surface area contributed by atoms with Gasteiger partial charge in [-0.15, -0.1) is 0 Å². The topological polar surface area (TPSA) is 34.1 Å². The molecular weight excluding hydrogens is 260 g/mol. The maximum Gasteiger partial charge on any atom is 0.128 e. The van der Waals surface area contributed by atoms with Gasteiger partial charge < -0.3 is 10.1 Å². The van der Waals surface area contributed by atoms with Crippen LogP contribution in [0.15, 0.2) is 36.5 Å². The SMILES string of the molecule is COc1c(C)cnc(CNC2CC2c2ccccc2)c1C. The van der Waals surface area contributed by atoms with E-state index in [2.05, 4.69) is 47.6 Å². The van der Waals surface area contributed by atoms with Gasteiger partial charge in [0.05, 0.1) is 12.8 Å². The molecule has 21 heavy (non-hydrogen) atoms. The van der Waals surface area contributed by atoms with E-state index in [1.165, 1.54) is 12.0 Å². The van der Waals surface area contributed by atoms with Gasteiger partial charge in [0.2, 0.25) is 0 Å². The molecule has 0 spiro atoms. The molecule has 3 rings (SSSR count). The number of rotatable bonds is 5. The van der Waals surface area contributed by atoms with Gasteiger partial charge in [0.1, 0.15) is 5.75 Å². The number of hydrogen-bond acceptors (Lipinski definition) is 3. The van der Waals surface area contributed by atoms with Crippen molar-refractivity contribution in [1.82, 2.24) is 10.3 Å². The number of aryl methyl sites for hydroxylation is 1. The first-order valence-corrected chi connectivity index (χ1v) is 7.48. The molecule has 0 saturated heterocycles. The van der Waals surface area contributed by atoms with Gasteiger partial charge in [-0.25, -0.2) is 0 Å². The van der Waals surface area contributed by atoms with Crippen LogP contribution in [0.4, 0.5) is 0 Å². The fourth-order valence-corrected chi connectivity index (χ4v) is 2.97. The third-order valence-electron chi connectivity index (χ3n) is 4.30. The standard InChI is InChI=1S/C18H22N2O/c1-12-10-19-17(13(2)18(12)21-3)11-20-16-9-15(16)14-7-5-4-6-8-14/h4-8,10,15-16,20H,9,11H2,1-3H3. The minimum Gasteiger partial charge on any atom is -0.496 e. The van der Waals surface area contributed by atoms with E-state index in [1.807, 2.05) is 13.1 Å². The molecule has 1 heterocycles. The number of ether oxygens (including phenoxy) is 1. The highest BCUT2D eigenvalue weighted by Crippen LogP contribution is 2.40. The van der Waals surface area contributed by atoms with E-state index in [4.69, 9.17) is 4.74 Å². The summed E-state index contributed by atoms with van der Waals surface area (Å²) in [5, 5.41) is 3.62. The van der Waals surface area contributed by atoms with Crippen molar-refractivity contribution < 1.29 is 4.74 Å². The minimum atomic E-state index is 0.570. The van der Waals surface area contributed by atoms with Crippen molar-refractivity contribution in [2.45, 2.75) is 38.8 Å². The van der Waals surface area contributed by atoms with E-state index in [-0.39, 0.29) is 0 Å². The summed E-state index contributed by atoms with van der Waals surface area (Å²) in [4.78, 5) is 4.54. The van der Waals surface area contributed by atoms with Crippen molar-refractivity contribution in [3.63, 3.8) is 0 Å². The smallest absolute Gasteiger partial charge is 0.128 e. The van der Waals surface area contributed by atoms with Crippen LogP contribution in [0.3, 0.4) is 0 Å².